The van der Waals surface area contributed by atoms with Gasteiger partial charge in [0.15, 0.2) is 0 Å². The Morgan fingerprint density at radius 3 is 2.59 bits per heavy atom. The fourth-order valence-corrected chi connectivity index (χ4v) is 5.57. The molecule has 39 heavy (non-hydrogen) atoms. The van der Waals surface area contributed by atoms with Gasteiger partial charge in [0.2, 0.25) is 23.6 Å². The molecule has 2 aromatic heterocycles. The van der Waals surface area contributed by atoms with Gasteiger partial charge in [-0.05, 0) is 50.2 Å². The highest BCUT2D eigenvalue weighted by molar-refractivity contribution is 5.78. The van der Waals surface area contributed by atoms with Crippen LogP contribution in [0.25, 0.3) is 0 Å². The number of nitrogens with one attached hydrogen (secondary N) is 2. The van der Waals surface area contributed by atoms with Crippen LogP contribution in [0.4, 0.5) is 19.1 Å². The van der Waals surface area contributed by atoms with Crippen molar-refractivity contribution >= 4 is 11.9 Å². The number of hydrogen-bond acceptors (Lipinski definition) is 6. The van der Waals surface area contributed by atoms with Crippen LogP contribution in [0.2, 0.25) is 0 Å². The topological polar surface area (TPSA) is 96.0 Å². The van der Waals surface area contributed by atoms with E-state index in [0.717, 1.165) is 43.5 Å². The third kappa shape index (κ3) is 6.88. The second-order valence-electron chi connectivity index (χ2n) is 10.5. The summed E-state index contributed by atoms with van der Waals surface area (Å²) >= 11 is 0. The number of halogens is 3. The number of nitrogens with zero attached hydrogens (tertiary/aromatic N) is 4. The van der Waals surface area contributed by atoms with Gasteiger partial charge in [-0.1, -0.05) is 31.0 Å². The molecular formula is C28H33F3N6O2. The summed E-state index contributed by atoms with van der Waals surface area (Å²) in [6, 6.07) is 8.74. The molecule has 0 atom stereocenters. The number of anilines is 1. The molecule has 2 N–H and O–H groups in total. The number of aromatic amines is 1. The molecule has 1 amide bonds. The smallest absolute Gasteiger partial charge is 0.416 e. The zero-order valence-electron chi connectivity index (χ0n) is 21.9. The van der Waals surface area contributed by atoms with Gasteiger partial charge in [0.1, 0.15) is 0 Å². The van der Waals surface area contributed by atoms with Crippen LogP contribution in [0, 0.1) is 0 Å². The van der Waals surface area contributed by atoms with E-state index in [1.54, 1.807) is 18.3 Å². The third-order valence-corrected chi connectivity index (χ3v) is 7.74. The van der Waals surface area contributed by atoms with Gasteiger partial charge >= 0.3 is 6.18 Å². The molecule has 11 heteroatoms. The summed E-state index contributed by atoms with van der Waals surface area (Å²) in [5, 5.41) is 10.4. The van der Waals surface area contributed by atoms with Crippen molar-refractivity contribution in [2.45, 2.75) is 82.0 Å². The SMILES string of the molecule is CN(c1nccc(Oc2cc(C3CCCC3)[nH]n2)n1)C1CCC(NC(=O)Cc2cccc(C(F)(F)F)c2)CC1. The molecule has 0 radical (unpaired) electrons. The molecule has 2 heterocycles. The van der Waals surface area contributed by atoms with Gasteiger partial charge in [-0.15, -0.1) is 5.10 Å². The molecule has 2 fully saturated rings. The van der Waals surface area contributed by atoms with Crippen molar-refractivity contribution in [1.29, 1.82) is 0 Å². The van der Waals surface area contributed by atoms with Crippen molar-refractivity contribution in [3.05, 3.63) is 59.4 Å². The summed E-state index contributed by atoms with van der Waals surface area (Å²) in [5.41, 5.74) is 0.707. The molecule has 0 bridgehead atoms. The Balaban J connectivity index is 1.11. The van der Waals surface area contributed by atoms with Crippen molar-refractivity contribution in [3.63, 3.8) is 0 Å². The number of ether oxygens (including phenoxy) is 1. The molecule has 0 aliphatic heterocycles. The van der Waals surface area contributed by atoms with Gasteiger partial charge in [-0.2, -0.15) is 18.2 Å². The first-order chi connectivity index (χ1) is 18.7. The molecule has 1 aromatic carbocycles. The number of alkyl halides is 3. The largest absolute Gasteiger partial charge is 0.419 e. The molecular weight excluding hydrogens is 509 g/mol. The van der Waals surface area contributed by atoms with Crippen LogP contribution in [0.1, 0.15) is 74.1 Å². The number of amides is 1. The second kappa shape index (κ2) is 11.6. The van der Waals surface area contributed by atoms with Crippen LogP contribution < -0.4 is 15.0 Å². The number of carbonyl (C=O) groups excluding carboxylic acids is 1. The van der Waals surface area contributed by atoms with E-state index < -0.39 is 11.7 Å². The summed E-state index contributed by atoms with van der Waals surface area (Å²) in [6.07, 6.45) is 5.16. The first-order valence-electron chi connectivity index (χ1n) is 13.5. The number of aromatic nitrogens is 4. The highest BCUT2D eigenvalue weighted by atomic mass is 19.4. The summed E-state index contributed by atoms with van der Waals surface area (Å²) < 4.78 is 44.8. The Bertz CT molecular complexity index is 1270. The normalized spacial score (nSPS) is 20.1. The Kier molecular flexibility index (Phi) is 8.04. The van der Waals surface area contributed by atoms with Gasteiger partial charge in [0.05, 0.1) is 12.0 Å². The second-order valence-corrected chi connectivity index (χ2v) is 10.5. The summed E-state index contributed by atoms with van der Waals surface area (Å²) in [6.45, 7) is 0. The minimum absolute atomic E-state index is 0.0164. The lowest BCUT2D eigenvalue weighted by molar-refractivity contribution is -0.137. The molecule has 0 spiro atoms. The highest BCUT2D eigenvalue weighted by Crippen LogP contribution is 2.35. The molecule has 5 rings (SSSR count). The maximum atomic E-state index is 13.0. The average Bonchev–Trinajstić information content (AvgIpc) is 3.61. The number of benzene rings is 1. The zero-order chi connectivity index (χ0) is 27.4. The Hall–Kier alpha value is -3.63. The molecule has 208 valence electrons. The van der Waals surface area contributed by atoms with Gasteiger partial charge < -0.3 is 15.0 Å². The fourth-order valence-electron chi connectivity index (χ4n) is 5.57. The number of carbonyl (C=O) groups is 1. The standard InChI is InChI=1S/C28H33F3N6O2/c1-37(27-32-14-13-25(34-27)39-26-17-23(35-36-26)19-6-2-3-7-19)22-11-9-21(10-12-22)33-24(38)16-18-5-4-8-20(15-18)28(29,30)31/h4-5,8,13-15,17,19,21-22H,2-3,6-7,9-12,16H2,1H3,(H,33,38)(H,35,36). The van der Waals surface area contributed by atoms with Gasteiger partial charge in [0, 0.05) is 49.1 Å². The maximum Gasteiger partial charge on any atom is 0.416 e. The van der Waals surface area contributed by atoms with Crippen molar-refractivity contribution in [2.75, 3.05) is 11.9 Å². The van der Waals surface area contributed by atoms with E-state index >= 15 is 0 Å². The van der Waals surface area contributed by atoms with Crippen molar-refractivity contribution in [2.24, 2.45) is 0 Å². The van der Waals surface area contributed by atoms with Crippen molar-refractivity contribution < 1.29 is 22.7 Å². The molecule has 2 aliphatic rings. The van der Waals surface area contributed by atoms with Gasteiger partial charge in [0.25, 0.3) is 0 Å². The maximum absolute atomic E-state index is 13.0. The van der Waals surface area contributed by atoms with Crippen LogP contribution in [-0.4, -0.2) is 45.2 Å². The van der Waals surface area contributed by atoms with Crippen LogP contribution in [-0.2, 0) is 17.4 Å². The number of hydrogen-bond donors (Lipinski definition) is 2. The molecule has 2 aliphatic carbocycles. The molecule has 8 nitrogen and oxygen atoms in total. The van der Waals surface area contributed by atoms with E-state index in [1.807, 2.05) is 18.0 Å². The van der Waals surface area contributed by atoms with Gasteiger partial charge in [-0.25, -0.2) is 4.98 Å². The highest BCUT2D eigenvalue weighted by Gasteiger charge is 2.31. The first-order valence-corrected chi connectivity index (χ1v) is 13.5. The van der Waals surface area contributed by atoms with E-state index in [1.165, 1.54) is 31.7 Å². The van der Waals surface area contributed by atoms with Crippen LogP contribution >= 0.6 is 0 Å². The molecule has 0 unspecified atom stereocenters. The lowest BCUT2D eigenvalue weighted by Gasteiger charge is -2.35. The lowest BCUT2D eigenvalue weighted by Crippen LogP contribution is -2.43. The molecule has 0 saturated heterocycles. The van der Waals surface area contributed by atoms with Crippen LogP contribution in [0.15, 0.2) is 42.6 Å². The summed E-state index contributed by atoms with van der Waals surface area (Å²) in [4.78, 5) is 23.5. The predicted molar refractivity (Wildman–Crippen MR) is 140 cm³/mol. The lowest BCUT2D eigenvalue weighted by atomic mass is 9.90. The minimum Gasteiger partial charge on any atom is -0.419 e. The first kappa shape index (κ1) is 27.0. The zero-order valence-corrected chi connectivity index (χ0v) is 21.9. The van der Waals surface area contributed by atoms with Gasteiger partial charge in [-0.3, -0.25) is 9.89 Å². The van der Waals surface area contributed by atoms with Crippen molar-refractivity contribution in [1.82, 2.24) is 25.5 Å². The third-order valence-electron chi connectivity index (χ3n) is 7.74. The Labute approximate surface area is 225 Å². The average molecular weight is 543 g/mol. The van der Waals surface area contributed by atoms with Crippen LogP contribution in [0.3, 0.4) is 0 Å². The number of H-pyrrole nitrogens is 1. The van der Waals surface area contributed by atoms with Crippen LogP contribution in [0.5, 0.6) is 11.8 Å². The van der Waals surface area contributed by atoms with E-state index in [0.29, 0.717) is 29.2 Å². The minimum atomic E-state index is -4.43. The Morgan fingerprint density at radius 2 is 1.85 bits per heavy atom. The monoisotopic (exact) mass is 542 g/mol. The Morgan fingerprint density at radius 1 is 1.08 bits per heavy atom. The van der Waals surface area contributed by atoms with E-state index in [9.17, 15) is 18.0 Å². The molecule has 2 saturated carbocycles. The van der Waals surface area contributed by atoms with Crippen molar-refractivity contribution in [3.8, 4) is 11.8 Å². The van der Waals surface area contributed by atoms with E-state index in [-0.39, 0.29) is 24.4 Å². The van der Waals surface area contributed by atoms with E-state index in [4.69, 9.17) is 4.74 Å². The predicted octanol–water partition coefficient (Wildman–Crippen LogP) is 5.77. The van der Waals surface area contributed by atoms with E-state index in [2.05, 4.69) is 25.5 Å². The molecule has 3 aromatic rings. The summed E-state index contributed by atoms with van der Waals surface area (Å²) in [5.74, 6) is 1.71. The fraction of sp³-hybridized carbons (Fsp3) is 0.500. The summed E-state index contributed by atoms with van der Waals surface area (Å²) in [7, 11) is 1.95. The quantitative estimate of drug-likeness (QED) is 0.375. The number of rotatable bonds is 8.